The third-order valence-corrected chi connectivity index (χ3v) is 2.40. The van der Waals surface area contributed by atoms with Gasteiger partial charge >= 0.3 is 0 Å². The van der Waals surface area contributed by atoms with Gasteiger partial charge in [-0.2, -0.15) is 0 Å². The van der Waals surface area contributed by atoms with E-state index in [4.69, 9.17) is 5.73 Å². The van der Waals surface area contributed by atoms with E-state index in [2.05, 4.69) is 15.6 Å². The third kappa shape index (κ3) is 3.94. The van der Waals surface area contributed by atoms with Crippen LogP contribution in [0.15, 0.2) is 12.3 Å². The number of hydrogen-bond donors (Lipinski definition) is 3. The minimum Gasteiger partial charge on any atom is -0.397 e. The molecule has 0 saturated carbocycles. The largest absolute Gasteiger partial charge is 0.397 e. The van der Waals surface area contributed by atoms with Crippen molar-refractivity contribution in [3.05, 3.63) is 17.8 Å². The maximum Gasteiger partial charge on any atom is 0.242 e. The first-order valence-corrected chi connectivity index (χ1v) is 5.81. The van der Waals surface area contributed by atoms with Crippen LogP contribution in [-0.2, 0) is 4.79 Å². The standard InChI is InChI=1S/C12H20N4O/c1-4-5-14-12(17)9(3)16-11-8(2)6-10(13)7-15-11/h6-7,9H,4-5,13H2,1-3H3,(H,14,17)(H,15,16). The summed E-state index contributed by atoms with van der Waals surface area (Å²) in [7, 11) is 0. The average molecular weight is 236 g/mol. The molecular weight excluding hydrogens is 216 g/mol. The van der Waals surface area contributed by atoms with Crippen molar-refractivity contribution in [2.75, 3.05) is 17.6 Å². The first kappa shape index (κ1) is 13.3. The van der Waals surface area contributed by atoms with Crippen molar-refractivity contribution in [2.45, 2.75) is 33.2 Å². The number of nitrogens with zero attached hydrogens (tertiary/aromatic N) is 1. The van der Waals surface area contributed by atoms with Crippen molar-refractivity contribution in [1.82, 2.24) is 10.3 Å². The molecule has 1 atom stereocenters. The molecule has 1 unspecified atom stereocenters. The number of hydrogen-bond acceptors (Lipinski definition) is 4. The number of nitrogen functional groups attached to an aromatic ring is 1. The van der Waals surface area contributed by atoms with E-state index < -0.39 is 0 Å². The van der Waals surface area contributed by atoms with Crippen LogP contribution in [0.1, 0.15) is 25.8 Å². The molecule has 0 fully saturated rings. The SMILES string of the molecule is CCCNC(=O)C(C)Nc1ncc(N)cc1C. The molecule has 1 amide bonds. The van der Waals surface area contributed by atoms with Gasteiger partial charge in [0.1, 0.15) is 11.9 Å². The Kier molecular flexibility index (Phi) is 4.75. The second-order valence-electron chi connectivity index (χ2n) is 4.09. The molecule has 1 rings (SSSR count). The Hall–Kier alpha value is -1.78. The number of carbonyl (C=O) groups excluding carboxylic acids is 1. The minimum absolute atomic E-state index is 0.0233. The van der Waals surface area contributed by atoms with Gasteiger partial charge in [0.2, 0.25) is 5.91 Å². The molecule has 0 spiro atoms. The van der Waals surface area contributed by atoms with Gasteiger partial charge in [0.05, 0.1) is 11.9 Å². The molecular formula is C12H20N4O. The average Bonchev–Trinajstić information content (AvgIpc) is 2.29. The zero-order valence-electron chi connectivity index (χ0n) is 10.6. The zero-order chi connectivity index (χ0) is 12.8. The highest BCUT2D eigenvalue weighted by Gasteiger charge is 2.13. The summed E-state index contributed by atoms with van der Waals surface area (Å²) in [5.41, 5.74) is 7.17. The number of amides is 1. The van der Waals surface area contributed by atoms with E-state index in [1.807, 2.05) is 26.8 Å². The Morgan fingerprint density at radius 2 is 2.29 bits per heavy atom. The van der Waals surface area contributed by atoms with Crippen LogP contribution in [0, 0.1) is 6.92 Å². The van der Waals surface area contributed by atoms with Crippen LogP contribution >= 0.6 is 0 Å². The maximum atomic E-state index is 11.7. The number of anilines is 2. The molecule has 0 aliphatic heterocycles. The van der Waals surface area contributed by atoms with Crippen molar-refractivity contribution >= 4 is 17.4 Å². The molecule has 0 bridgehead atoms. The minimum atomic E-state index is -0.309. The van der Waals surface area contributed by atoms with Crippen LogP contribution in [-0.4, -0.2) is 23.5 Å². The maximum absolute atomic E-state index is 11.7. The highest BCUT2D eigenvalue weighted by Crippen LogP contribution is 2.14. The number of nitrogens with two attached hydrogens (primary N) is 1. The summed E-state index contributed by atoms with van der Waals surface area (Å²) in [4.78, 5) is 15.8. The summed E-state index contributed by atoms with van der Waals surface area (Å²) in [5, 5.41) is 5.90. The third-order valence-electron chi connectivity index (χ3n) is 2.40. The molecule has 0 aliphatic carbocycles. The molecule has 5 nitrogen and oxygen atoms in total. The van der Waals surface area contributed by atoms with Gasteiger partial charge in [-0.3, -0.25) is 4.79 Å². The van der Waals surface area contributed by atoms with E-state index in [1.165, 1.54) is 0 Å². The Labute approximate surface area is 102 Å². The van der Waals surface area contributed by atoms with Gasteiger partial charge in [0.25, 0.3) is 0 Å². The highest BCUT2D eigenvalue weighted by atomic mass is 16.2. The molecule has 4 N–H and O–H groups in total. The molecule has 17 heavy (non-hydrogen) atoms. The number of rotatable bonds is 5. The molecule has 0 radical (unpaired) electrons. The normalized spacial score (nSPS) is 11.9. The lowest BCUT2D eigenvalue weighted by Gasteiger charge is -2.15. The smallest absolute Gasteiger partial charge is 0.242 e. The molecule has 1 aromatic rings. The second-order valence-corrected chi connectivity index (χ2v) is 4.09. The molecule has 1 heterocycles. The summed E-state index contributed by atoms with van der Waals surface area (Å²) in [6.45, 7) is 6.42. The van der Waals surface area contributed by atoms with E-state index in [9.17, 15) is 4.79 Å². The fourth-order valence-electron chi connectivity index (χ4n) is 1.42. The van der Waals surface area contributed by atoms with E-state index >= 15 is 0 Å². The number of aryl methyl sites for hydroxylation is 1. The Morgan fingerprint density at radius 1 is 1.59 bits per heavy atom. The highest BCUT2D eigenvalue weighted by molar-refractivity contribution is 5.84. The fourth-order valence-corrected chi connectivity index (χ4v) is 1.42. The number of pyridine rings is 1. The summed E-state index contributed by atoms with van der Waals surface area (Å²) in [6.07, 6.45) is 2.50. The summed E-state index contributed by atoms with van der Waals surface area (Å²) in [5.74, 6) is 0.670. The van der Waals surface area contributed by atoms with Gasteiger partial charge in [0.15, 0.2) is 0 Å². The van der Waals surface area contributed by atoms with Gasteiger partial charge in [-0.15, -0.1) is 0 Å². The molecule has 0 saturated heterocycles. The van der Waals surface area contributed by atoms with E-state index in [0.29, 0.717) is 18.1 Å². The van der Waals surface area contributed by atoms with Gasteiger partial charge in [-0.25, -0.2) is 4.98 Å². The van der Waals surface area contributed by atoms with Gasteiger partial charge in [-0.05, 0) is 31.9 Å². The van der Waals surface area contributed by atoms with E-state index in [1.54, 1.807) is 6.20 Å². The first-order valence-electron chi connectivity index (χ1n) is 5.81. The predicted molar refractivity (Wildman–Crippen MR) is 69.8 cm³/mol. The summed E-state index contributed by atoms with van der Waals surface area (Å²) < 4.78 is 0. The van der Waals surface area contributed by atoms with Gasteiger partial charge in [-0.1, -0.05) is 6.92 Å². The van der Waals surface area contributed by atoms with Gasteiger partial charge in [0, 0.05) is 6.54 Å². The van der Waals surface area contributed by atoms with Crippen molar-refractivity contribution in [1.29, 1.82) is 0 Å². The Bertz CT molecular complexity index is 392. The van der Waals surface area contributed by atoms with E-state index in [-0.39, 0.29) is 11.9 Å². The van der Waals surface area contributed by atoms with Crippen LogP contribution in [0.2, 0.25) is 0 Å². The fraction of sp³-hybridized carbons (Fsp3) is 0.500. The molecule has 94 valence electrons. The summed E-state index contributed by atoms with van der Waals surface area (Å²) in [6, 6.07) is 1.52. The quantitative estimate of drug-likeness (QED) is 0.720. The van der Waals surface area contributed by atoms with Crippen LogP contribution in [0.25, 0.3) is 0 Å². The second kappa shape index (κ2) is 6.08. The lowest BCUT2D eigenvalue weighted by atomic mass is 10.2. The van der Waals surface area contributed by atoms with Crippen LogP contribution in [0.5, 0.6) is 0 Å². The van der Waals surface area contributed by atoms with Crippen LogP contribution in [0.4, 0.5) is 11.5 Å². The van der Waals surface area contributed by atoms with Crippen LogP contribution in [0.3, 0.4) is 0 Å². The van der Waals surface area contributed by atoms with Crippen molar-refractivity contribution in [3.8, 4) is 0 Å². The monoisotopic (exact) mass is 236 g/mol. The lowest BCUT2D eigenvalue weighted by Crippen LogP contribution is -2.38. The molecule has 0 aromatic carbocycles. The molecule has 1 aromatic heterocycles. The summed E-state index contributed by atoms with van der Waals surface area (Å²) >= 11 is 0. The lowest BCUT2D eigenvalue weighted by molar-refractivity contribution is -0.121. The van der Waals surface area contributed by atoms with Crippen LogP contribution < -0.4 is 16.4 Å². The number of carbonyl (C=O) groups is 1. The van der Waals surface area contributed by atoms with Crippen molar-refractivity contribution in [2.24, 2.45) is 0 Å². The van der Waals surface area contributed by atoms with Gasteiger partial charge < -0.3 is 16.4 Å². The number of nitrogens with one attached hydrogen (secondary N) is 2. The molecule has 0 aliphatic rings. The van der Waals surface area contributed by atoms with E-state index in [0.717, 1.165) is 12.0 Å². The predicted octanol–water partition coefficient (Wildman–Crippen LogP) is 1.30. The Morgan fingerprint density at radius 3 is 2.88 bits per heavy atom. The van der Waals surface area contributed by atoms with Crippen molar-refractivity contribution < 1.29 is 4.79 Å². The Balaban J connectivity index is 2.61. The first-order chi connectivity index (χ1) is 8.04. The molecule has 5 heteroatoms. The topological polar surface area (TPSA) is 80.0 Å². The van der Waals surface area contributed by atoms with Crippen molar-refractivity contribution in [3.63, 3.8) is 0 Å². The number of aromatic nitrogens is 1. The zero-order valence-corrected chi connectivity index (χ0v) is 10.6.